The zero-order valence-electron chi connectivity index (χ0n) is 21.1. The van der Waals surface area contributed by atoms with Crippen LogP contribution < -0.4 is 21.5 Å². The predicted molar refractivity (Wildman–Crippen MR) is 139 cm³/mol. The minimum Gasteiger partial charge on any atom is -0.487 e. The summed E-state index contributed by atoms with van der Waals surface area (Å²) >= 11 is 0. The van der Waals surface area contributed by atoms with Gasteiger partial charge in [-0.25, -0.2) is 8.78 Å². The van der Waals surface area contributed by atoms with Crippen molar-refractivity contribution in [1.29, 1.82) is 0 Å². The van der Waals surface area contributed by atoms with E-state index in [0.29, 0.717) is 5.69 Å². The summed E-state index contributed by atoms with van der Waals surface area (Å²) in [6.45, 7) is 9.51. The number of nitrogens with zero attached hydrogens (tertiary/aromatic N) is 3. The Bertz CT molecular complexity index is 1380. The van der Waals surface area contributed by atoms with Gasteiger partial charge in [0.1, 0.15) is 23.9 Å². The SMILES string of the molecule is CC.CC.Nn1c2c(c3ccc(-n4ccc(OCc5ncc(F)cc5F)cc4=O)cc31)CNCCC2. The molecule has 1 aliphatic rings. The van der Waals surface area contributed by atoms with Gasteiger partial charge in [-0.1, -0.05) is 33.8 Å². The molecule has 0 fully saturated rings. The van der Waals surface area contributed by atoms with Crippen LogP contribution in [0.15, 0.2) is 53.6 Å². The lowest BCUT2D eigenvalue weighted by molar-refractivity contribution is 0.292. The van der Waals surface area contributed by atoms with Crippen molar-refractivity contribution in [3.8, 4) is 11.4 Å². The molecule has 192 valence electrons. The maximum absolute atomic E-state index is 13.7. The number of nitrogen functional groups attached to an aromatic ring is 1. The van der Waals surface area contributed by atoms with Gasteiger partial charge in [0.15, 0.2) is 5.82 Å². The second-order valence-electron chi connectivity index (χ2n) is 7.72. The molecule has 0 saturated carbocycles. The van der Waals surface area contributed by atoms with Crippen LogP contribution in [0.25, 0.3) is 16.6 Å². The van der Waals surface area contributed by atoms with Crippen LogP contribution in [0, 0.1) is 11.6 Å². The molecule has 0 unspecified atom stereocenters. The van der Waals surface area contributed by atoms with E-state index in [-0.39, 0.29) is 23.6 Å². The monoisotopic (exact) mass is 497 g/mol. The minimum atomic E-state index is -0.801. The van der Waals surface area contributed by atoms with Gasteiger partial charge in [0.25, 0.3) is 5.56 Å². The zero-order valence-corrected chi connectivity index (χ0v) is 21.1. The number of hydrogen-bond acceptors (Lipinski definition) is 5. The average Bonchev–Trinajstić information content (AvgIpc) is 3.04. The lowest BCUT2D eigenvalue weighted by Crippen LogP contribution is -2.17. The first-order valence-corrected chi connectivity index (χ1v) is 12.3. The van der Waals surface area contributed by atoms with Gasteiger partial charge < -0.3 is 15.9 Å². The molecule has 0 atom stereocenters. The standard InChI is InChI=1S/C23H21F2N5O2.2C2H6/c24-14-8-19(25)20(28-11-14)13-32-16-5-7-29(23(31)10-16)15-3-4-17-18-12-27-6-1-2-21(18)30(26)22(17)9-15;2*1-2/h3-5,7-11,27H,1-2,6,12-13,26H2;2*1-2H3. The van der Waals surface area contributed by atoms with Gasteiger partial charge in [0, 0.05) is 36.0 Å². The topological polar surface area (TPSA) is 87.1 Å². The molecule has 1 aromatic carbocycles. The molecule has 1 aliphatic heterocycles. The first-order chi connectivity index (χ1) is 17.5. The fourth-order valence-electron chi connectivity index (χ4n) is 4.10. The van der Waals surface area contributed by atoms with Crippen LogP contribution in [-0.2, 0) is 19.6 Å². The molecule has 0 spiro atoms. The molecule has 0 radical (unpaired) electrons. The number of ether oxygens (including phenoxy) is 1. The van der Waals surface area contributed by atoms with Crippen LogP contribution in [0.2, 0.25) is 0 Å². The number of rotatable bonds is 4. The van der Waals surface area contributed by atoms with Gasteiger partial charge in [0.05, 0.1) is 17.4 Å². The molecule has 3 N–H and O–H groups in total. The lowest BCUT2D eigenvalue weighted by Gasteiger charge is -2.10. The Kier molecular flexibility index (Phi) is 9.19. The van der Waals surface area contributed by atoms with E-state index in [1.54, 1.807) is 16.9 Å². The van der Waals surface area contributed by atoms with Crippen LogP contribution in [0.4, 0.5) is 8.78 Å². The van der Waals surface area contributed by atoms with E-state index in [1.807, 2.05) is 45.9 Å². The maximum atomic E-state index is 13.7. The van der Waals surface area contributed by atoms with Gasteiger partial charge >= 0.3 is 0 Å². The van der Waals surface area contributed by atoms with E-state index in [4.69, 9.17) is 10.6 Å². The summed E-state index contributed by atoms with van der Waals surface area (Å²) in [5.74, 6) is 5.08. The Balaban J connectivity index is 0.000000861. The third-order valence-corrected chi connectivity index (χ3v) is 5.70. The summed E-state index contributed by atoms with van der Waals surface area (Å²) in [7, 11) is 0. The molecular weight excluding hydrogens is 464 g/mol. The Labute approximate surface area is 209 Å². The third kappa shape index (κ3) is 5.57. The summed E-state index contributed by atoms with van der Waals surface area (Å²) in [6.07, 6.45) is 4.42. The Morgan fingerprint density at radius 1 is 1.11 bits per heavy atom. The van der Waals surface area contributed by atoms with Crippen LogP contribution in [0.3, 0.4) is 0 Å². The van der Waals surface area contributed by atoms with Gasteiger partial charge in [-0.15, -0.1) is 0 Å². The van der Waals surface area contributed by atoms with Crippen molar-refractivity contribution in [3.05, 3.63) is 87.7 Å². The molecule has 0 amide bonds. The summed E-state index contributed by atoms with van der Waals surface area (Å²) in [5, 5.41) is 4.49. The number of hydrogen-bond donors (Lipinski definition) is 2. The fourth-order valence-corrected chi connectivity index (χ4v) is 4.10. The number of halogens is 2. The molecule has 0 saturated heterocycles. The summed E-state index contributed by atoms with van der Waals surface area (Å²) in [4.78, 5) is 16.4. The molecule has 9 heteroatoms. The molecule has 0 aliphatic carbocycles. The first kappa shape index (κ1) is 26.9. The van der Waals surface area contributed by atoms with E-state index in [2.05, 4.69) is 10.3 Å². The van der Waals surface area contributed by atoms with Gasteiger partial charge in [-0.05, 0) is 43.1 Å². The van der Waals surface area contributed by atoms with Gasteiger partial charge in [0.2, 0.25) is 0 Å². The van der Waals surface area contributed by atoms with E-state index >= 15 is 0 Å². The van der Waals surface area contributed by atoms with Crippen molar-refractivity contribution >= 4 is 10.9 Å². The third-order valence-electron chi connectivity index (χ3n) is 5.70. The van der Waals surface area contributed by atoms with E-state index in [9.17, 15) is 13.6 Å². The van der Waals surface area contributed by atoms with E-state index < -0.39 is 11.6 Å². The number of nitrogens with one attached hydrogen (secondary N) is 1. The quantitative estimate of drug-likeness (QED) is 0.394. The molecule has 4 aromatic rings. The second-order valence-corrected chi connectivity index (χ2v) is 7.72. The average molecular weight is 498 g/mol. The Hall–Kier alpha value is -3.72. The Morgan fingerprint density at radius 3 is 2.61 bits per heavy atom. The minimum absolute atomic E-state index is 0.0426. The van der Waals surface area contributed by atoms with Crippen molar-refractivity contribution in [3.63, 3.8) is 0 Å². The maximum Gasteiger partial charge on any atom is 0.258 e. The smallest absolute Gasteiger partial charge is 0.258 e. The second kappa shape index (κ2) is 12.3. The van der Waals surface area contributed by atoms with Crippen molar-refractivity contribution < 1.29 is 13.5 Å². The largest absolute Gasteiger partial charge is 0.487 e. The molecule has 0 bridgehead atoms. The highest BCUT2D eigenvalue weighted by Gasteiger charge is 2.18. The van der Waals surface area contributed by atoms with E-state index in [0.717, 1.165) is 54.8 Å². The first-order valence-electron chi connectivity index (χ1n) is 12.3. The number of fused-ring (bicyclic) bond motifs is 3. The summed E-state index contributed by atoms with van der Waals surface area (Å²) in [6, 6.07) is 9.42. The van der Waals surface area contributed by atoms with Crippen LogP contribution in [0.1, 0.15) is 51.1 Å². The van der Waals surface area contributed by atoms with Gasteiger partial charge in [-0.3, -0.25) is 19.0 Å². The molecule has 4 heterocycles. The number of aromatic nitrogens is 3. The Morgan fingerprint density at radius 2 is 1.89 bits per heavy atom. The normalized spacial score (nSPS) is 12.5. The van der Waals surface area contributed by atoms with Crippen molar-refractivity contribution in [2.75, 3.05) is 12.4 Å². The zero-order chi connectivity index (χ0) is 26.2. The van der Waals surface area contributed by atoms with Crippen LogP contribution >= 0.6 is 0 Å². The fraction of sp³-hybridized carbons (Fsp3) is 0.333. The van der Waals surface area contributed by atoms with Crippen molar-refractivity contribution in [2.45, 2.75) is 53.7 Å². The highest BCUT2D eigenvalue weighted by Crippen LogP contribution is 2.28. The number of benzene rings is 1. The summed E-state index contributed by atoms with van der Waals surface area (Å²) < 4.78 is 35.4. The summed E-state index contributed by atoms with van der Waals surface area (Å²) in [5.41, 5.74) is 3.49. The molecule has 36 heavy (non-hydrogen) atoms. The number of nitrogens with two attached hydrogens (primary N) is 1. The highest BCUT2D eigenvalue weighted by molar-refractivity contribution is 5.87. The molecular formula is C27H33F2N5O2. The number of pyridine rings is 2. The molecule has 3 aromatic heterocycles. The van der Waals surface area contributed by atoms with E-state index in [1.165, 1.54) is 16.2 Å². The highest BCUT2D eigenvalue weighted by atomic mass is 19.1. The lowest BCUT2D eigenvalue weighted by atomic mass is 10.1. The van der Waals surface area contributed by atoms with Crippen LogP contribution in [-0.4, -0.2) is 20.8 Å². The van der Waals surface area contributed by atoms with Crippen molar-refractivity contribution in [2.24, 2.45) is 0 Å². The molecule has 7 nitrogen and oxygen atoms in total. The predicted octanol–water partition coefficient (Wildman–Crippen LogP) is 4.85. The van der Waals surface area contributed by atoms with Crippen molar-refractivity contribution in [1.82, 2.24) is 19.5 Å². The molecule has 5 rings (SSSR count). The van der Waals surface area contributed by atoms with Gasteiger partial charge in [-0.2, -0.15) is 0 Å². The van der Waals surface area contributed by atoms with Crippen LogP contribution in [0.5, 0.6) is 5.75 Å².